The van der Waals surface area contributed by atoms with E-state index in [4.69, 9.17) is 16.6 Å². The van der Waals surface area contributed by atoms with Crippen LogP contribution in [0.5, 0.6) is 0 Å². The number of hydrogen-bond acceptors (Lipinski definition) is 2. The fourth-order valence-corrected chi connectivity index (χ4v) is 3.65. The molecule has 6 heteroatoms. The second-order valence-electron chi connectivity index (χ2n) is 7.18. The molecule has 1 amide bonds. The lowest BCUT2D eigenvalue weighted by Crippen LogP contribution is -2.26. The minimum absolute atomic E-state index is 0.130. The molecule has 30 heavy (non-hydrogen) atoms. The van der Waals surface area contributed by atoms with Crippen molar-refractivity contribution in [3.8, 4) is 0 Å². The molecule has 0 saturated heterocycles. The van der Waals surface area contributed by atoms with E-state index in [9.17, 15) is 9.18 Å². The Bertz CT molecular complexity index is 1180. The maximum atomic E-state index is 14.4. The van der Waals surface area contributed by atoms with E-state index in [1.54, 1.807) is 24.3 Å². The normalized spacial score (nSPS) is 11.0. The topological polar surface area (TPSA) is 46.9 Å². The summed E-state index contributed by atoms with van der Waals surface area (Å²) in [5.74, 6) is 0.286. The van der Waals surface area contributed by atoms with E-state index in [2.05, 4.69) is 5.32 Å². The van der Waals surface area contributed by atoms with E-state index in [1.165, 1.54) is 6.07 Å². The standard InChI is InChI=1S/C24H21ClFN3O/c1-16-9-11-17(12-10-16)24(30)27-14-13-23-28-21-7-2-3-8-22(21)29(23)15-18-19(25)5-4-6-20(18)26/h2-12H,13-15H2,1H3,(H,27,30). The van der Waals surface area contributed by atoms with Crippen LogP contribution in [-0.2, 0) is 13.0 Å². The first-order valence-corrected chi connectivity index (χ1v) is 10.1. The molecule has 4 nitrogen and oxygen atoms in total. The summed E-state index contributed by atoms with van der Waals surface area (Å²) < 4.78 is 16.3. The Morgan fingerprint density at radius 2 is 1.83 bits per heavy atom. The summed E-state index contributed by atoms with van der Waals surface area (Å²) in [7, 11) is 0. The van der Waals surface area contributed by atoms with E-state index < -0.39 is 0 Å². The van der Waals surface area contributed by atoms with Gasteiger partial charge < -0.3 is 9.88 Å². The third-order valence-corrected chi connectivity index (χ3v) is 5.41. The number of nitrogens with one attached hydrogen (secondary N) is 1. The summed E-state index contributed by atoms with van der Waals surface area (Å²) >= 11 is 6.24. The molecule has 3 aromatic carbocycles. The van der Waals surface area contributed by atoms with Gasteiger partial charge in [0.2, 0.25) is 0 Å². The Morgan fingerprint density at radius 3 is 2.60 bits per heavy atom. The highest BCUT2D eigenvalue weighted by atomic mass is 35.5. The summed E-state index contributed by atoms with van der Waals surface area (Å²) in [6.45, 7) is 2.67. The molecule has 4 rings (SSSR count). The van der Waals surface area contributed by atoms with Gasteiger partial charge in [-0.2, -0.15) is 0 Å². The zero-order valence-electron chi connectivity index (χ0n) is 16.5. The number of halogens is 2. The lowest BCUT2D eigenvalue weighted by molar-refractivity contribution is 0.0954. The van der Waals surface area contributed by atoms with Gasteiger partial charge in [0.15, 0.2) is 0 Å². The van der Waals surface area contributed by atoms with E-state index in [0.29, 0.717) is 29.1 Å². The number of aryl methyl sites for hydroxylation is 1. The van der Waals surface area contributed by atoms with Gasteiger partial charge >= 0.3 is 0 Å². The van der Waals surface area contributed by atoms with Crippen molar-refractivity contribution in [3.05, 3.63) is 100 Å². The molecule has 0 saturated carbocycles. The summed E-state index contributed by atoms with van der Waals surface area (Å²) in [6.07, 6.45) is 0.512. The largest absolute Gasteiger partial charge is 0.352 e. The minimum Gasteiger partial charge on any atom is -0.352 e. The highest BCUT2D eigenvalue weighted by molar-refractivity contribution is 6.31. The third kappa shape index (κ3) is 4.21. The third-order valence-electron chi connectivity index (χ3n) is 5.06. The Balaban J connectivity index is 1.56. The van der Waals surface area contributed by atoms with E-state index >= 15 is 0 Å². The number of hydrogen-bond donors (Lipinski definition) is 1. The highest BCUT2D eigenvalue weighted by Crippen LogP contribution is 2.24. The van der Waals surface area contributed by atoms with Crippen LogP contribution in [0.4, 0.5) is 4.39 Å². The Kier molecular flexibility index (Phi) is 5.81. The molecule has 0 bridgehead atoms. The summed E-state index contributed by atoms with van der Waals surface area (Å²) in [6, 6.07) is 19.8. The van der Waals surface area contributed by atoms with E-state index in [0.717, 1.165) is 22.4 Å². The van der Waals surface area contributed by atoms with Crippen molar-refractivity contribution < 1.29 is 9.18 Å². The van der Waals surface area contributed by atoms with Crippen LogP contribution in [0.25, 0.3) is 11.0 Å². The number of aromatic nitrogens is 2. The number of carbonyl (C=O) groups is 1. The Morgan fingerprint density at radius 1 is 1.07 bits per heavy atom. The summed E-state index contributed by atoms with van der Waals surface area (Å²) in [5.41, 5.74) is 3.87. The Hall–Kier alpha value is -3.18. The lowest BCUT2D eigenvalue weighted by atomic mass is 10.1. The number of benzene rings is 3. The molecule has 4 aromatic rings. The fraction of sp³-hybridized carbons (Fsp3) is 0.167. The molecule has 1 heterocycles. The second kappa shape index (κ2) is 8.67. The first kappa shape index (κ1) is 20.1. The zero-order valence-corrected chi connectivity index (χ0v) is 17.3. The van der Waals surface area contributed by atoms with Gasteiger partial charge in [0, 0.05) is 29.1 Å². The molecule has 0 fully saturated rings. The van der Waals surface area contributed by atoms with Gasteiger partial charge in [0.05, 0.1) is 17.6 Å². The number of nitrogens with zero attached hydrogens (tertiary/aromatic N) is 2. The highest BCUT2D eigenvalue weighted by Gasteiger charge is 2.15. The predicted molar refractivity (Wildman–Crippen MR) is 117 cm³/mol. The number of imidazole rings is 1. The van der Waals surface area contributed by atoms with Gasteiger partial charge in [-0.15, -0.1) is 0 Å². The SMILES string of the molecule is Cc1ccc(C(=O)NCCc2nc3ccccc3n2Cc2c(F)cccc2Cl)cc1. The van der Waals surface area contributed by atoms with Crippen molar-refractivity contribution in [1.82, 2.24) is 14.9 Å². The number of para-hydroxylation sites is 2. The zero-order chi connectivity index (χ0) is 21.1. The van der Waals surface area contributed by atoms with Crippen LogP contribution < -0.4 is 5.32 Å². The minimum atomic E-state index is -0.348. The molecule has 0 spiro atoms. The van der Waals surface area contributed by atoms with Crippen LogP contribution in [0, 0.1) is 12.7 Å². The Labute approximate surface area is 179 Å². The van der Waals surface area contributed by atoms with Crippen molar-refractivity contribution in [2.45, 2.75) is 19.9 Å². The monoisotopic (exact) mass is 421 g/mol. The molecule has 0 aliphatic rings. The summed E-state index contributed by atoms with van der Waals surface area (Å²) in [5, 5.41) is 3.31. The van der Waals surface area contributed by atoms with Crippen LogP contribution in [0.15, 0.2) is 66.7 Å². The van der Waals surface area contributed by atoms with Crippen molar-refractivity contribution in [3.63, 3.8) is 0 Å². The molecular weight excluding hydrogens is 401 g/mol. The molecule has 152 valence electrons. The number of carbonyl (C=O) groups excluding carboxylic acids is 1. The number of rotatable bonds is 6. The molecule has 0 atom stereocenters. The van der Waals surface area contributed by atoms with Crippen LogP contribution in [0.1, 0.15) is 27.3 Å². The van der Waals surface area contributed by atoms with E-state index in [1.807, 2.05) is 47.9 Å². The van der Waals surface area contributed by atoms with Gasteiger partial charge in [-0.1, -0.05) is 47.5 Å². The fourth-order valence-electron chi connectivity index (χ4n) is 3.43. The van der Waals surface area contributed by atoms with Crippen LogP contribution in [0.2, 0.25) is 5.02 Å². The average molecular weight is 422 g/mol. The van der Waals surface area contributed by atoms with Gasteiger partial charge in [0.25, 0.3) is 5.91 Å². The van der Waals surface area contributed by atoms with Crippen LogP contribution in [-0.4, -0.2) is 22.0 Å². The smallest absolute Gasteiger partial charge is 0.251 e. The van der Waals surface area contributed by atoms with Gasteiger partial charge in [-0.25, -0.2) is 9.37 Å². The van der Waals surface area contributed by atoms with Crippen molar-refractivity contribution >= 4 is 28.5 Å². The summed E-state index contributed by atoms with van der Waals surface area (Å²) in [4.78, 5) is 17.1. The van der Waals surface area contributed by atoms with Crippen molar-refractivity contribution in [2.75, 3.05) is 6.54 Å². The molecule has 1 N–H and O–H groups in total. The quantitative estimate of drug-likeness (QED) is 0.467. The molecule has 0 aliphatic heterocycles. The van der Waals surface area contributed by atoms with Gasteiger partial charge in [-0.3, -0.25) is 4.79 Å². The second-order valence-corrected chi connectivity index (χ2v) is 7.58. The van der Waals surface area contributed by atoms with Gasteiger partial charge in [0.1, 0.15) is 11.6 Å². The van der Waals surface area contributed by atoms with Crippen molar-refractivity contribution in [2.24, 2.45) is 0 Å². The van der Waals surface area contributed by atoms with Crippen LogP contribution >= 0.6 is 11.6 Å². The first-order chi connectivity index (χ1) is 14.5. The number of fused-ring (bicyclic) bond motifs is 1. The predicted octanol–water partition coefficient (Wildman–Crippen LogP) is 5.16. The average Bonchev–Trinajstić information content (AvgIpc) is 3.08. The maximum Gasteiger partial charge on any atom is 0.251 e. The van der Waals surface area contributed by atoms with E-state index in [-0.39, 0.29) is 18.3 Å². The van der Waals surface area contributed by atoms with Gasteiger partial charge in [-0.05, 0) is 43.3 Å². The molecule has 0 unspecified atom stereocenters. The van der Waals surface area contributed by atoms with Crippen molar-refractivity contribution in [1.29, 1.82) is 0 Å². The van der Waals surface area contributed by atoms with Crippen LogP contribution in [0.3, 0.4) is 0 Å². The molecular formula is C24H21ClFN3O. The molecule has 0 aliphatic carbocycles. The molecule has 0 radical (unpaired) electrons. The number of amides is 1. The molecule has 1 aromatic heterocycles. The lowest BCUT2D eigenvalue weighted by Gasteiger charge is -2.12. The maximum absolute atomic E-state index is 14.4. The first-order valence-electron chi connectivity index (χ1n) is 9.75.